The van der Waals surface area contributed by atoms with Crippen molar-refractivity contribution in [3.05, 3.63) is 53.5 Å². The number of nitrogens with zero attached hydrogens (tertiary/aromatic N) is 8. The van der Waals surface area contributed by atoms with Crippen LogP contribution in [0.25, 0.3) is 0 Å². The van der Waals surface area contributed by atoms with Gasteiger partial charge in [-0.2, -0.15) is 10.2 Å². The molecule has 44 heavy (non-hydrogen) atoms. The third-order valence-corrected chi connectivity index (χ3v) is 10.3. The summed E-state index contributed by atoms with van der Waals surface area (Å²) in [7, 11) is 2.16. The molecule has 232 valence electrons. The van der Waals surface area contributed by atoms with E-state index in [0.717, 1.165) is 93.6 Å². The van der Waals surface area contributed by atoms with E-state index < -0.39 is 0 Å². The highest BCUT2D eigenvalue weighted by Gasteiger charge is 2.41. The summed E-state index contributed by atoms with van der Waals surface area (Å²) < 4.78 is 20.5. The highest BCUT2D eigenvalue weighted by Crippen LogP contribution is 2.38. The first-order chi connectivity index (χ1) is 21.4. The Morgan fingerprint density at radius 1 is 1.16 bits per heavy atom. The first-order valence-corrected chi connectivity index (χ1v) is 16.0. The summed E-state index contributed by atoms with van der Waals surface area (Å²) in [6.07, 6.45) is 6.26. The molecule has 0 radical (unpaired) electrons. The largest absolute Gasteiger partial charge is 0.373 e. The van der Waals surface area contributed by atoms with Crippen molar-refractivity contribution in [2.45, 2.75) is 62.8 Å². The van der Waals surface area contributed by atoms with Gasteiger partial charge in [-0.3, -0.25) is 9.69 Å². The first kappa shape index (κ1) is 29.0. The highest BCUT2D eigenvalue weighted by molar-refractivity contribution is 5.87. The van der Waals surface area contributed by atoms with E-state index in [1.54, 1.807) is 17.0 Å². The van der Waals surface area contributed by atoms with Gasteiger partial charge in [0.1, 0.15) is 11.6 Å². The average molecular weight is 601 g/mol. The Kier molecular flexibility index (Phi) is 7.89. The number of anilines is 3. The minimum absolute atomic E-state index is 0.123. The number of hydrogen-bond acceptors (Lipinski definition) is 9. The fourth-order valence-corrected chi connectivity index (χ4v) is 7.95. The Morgan fingerprint density at radius 2 is 2.05 bits per heavy atom. The number of aryl methyl sites for hydroxylation is 1. The normalized spacial score (nSPS) is 26.9. The smallest absolute Gasteiger partial charge is 0.246 e. The molecule has 1 aromatic heterocycles. The van der Waals surface area contributed by atoms with Gasteiger partial charge in [0, 0.05) is 69.5 Å². The van der Waals surface area contributed by atoms with Crippen LogP contribution in [0, 0.1) is 17.1 Å². The summed E-state index contributed by atoms with van der Waals surface area (Å²) in [6.45, 7) is 9.45. The molecule has 5 heterocycles. The molecule has 4 atom stereocenters. The maximum atomic E-state index is 14.4. The van der Waals surface area contributed by atoms with E-state index in [1.165, 1.54) is 11.6 Å². The second kappa shape index (κ2) is 12.0. The summed E-state index contributed by atoms with van der Waals surface area (Å²) in [4.78, 5) is 34.2. The number of carbonyl (C=O) groups excluding carboxylic acids is 1. The maximum absolute atomic E-state index is 14.4. The zero-order valence-corrected chi connectivity index (χ0v) is 25.5. The third kappa shape index (κ3) is 5.28. The molecule has 0 bridgehead atoms. The lowest BCUT2D eigenvalue weighted by atomic mass is 9.88. The molecule has 0 spiro atoms. The number of benzene rings is 1. The summed E-state index contributed by atoms with van der Waals surface area (Å²) in [6, 6.07) is 7.77. The first-order valence-electron chi connectivity index (χ1n) is 16.0. The van der Waals surface area contributed by atoms with Crippen LogP contribution in [0.3, 0.4) is 0 Å². The van der Waals surface area contributed by atoms with Crippen LogP contribution in [0.4, 0.5) is 21.8 Å². The number of rotatable bonds is 5. The zero-order valence-electron chi connectivity index (χ0n) is 25.5. The fourth-order valence-electron chi connectivity index (χ4n) is 7.95. The van der Waals surface area contributed by atoms with Crippen molar-refractivity contribution in [1.82, 2.24) is 19.8 Å². The van der Waals surface area contributed by atoms with Crippen LogP contribution in [0.5, 0.6) is 0 Å². The van der Waals surface area contributed by atoms with Crippen molar-refractivity contribution in [3.8, 4) is 6.07 Å². The molecule has 1 aliphatic carbocycles. The van der Waals surface area contributed by atoms with Crippen LogP contribution in [-0.2, 0) is 28.8 Å². The van der Waals surface area contributed by atoms with Gasteiger partial charge < -0.3 is 24.3 Å². The predicted octanol–water partition coefficient (Wildman–Crippen LogP) is 2.56. The van der Waals surface area contributed by atoms with Gasteiger partial charge in [-0.15, -0.1) is 0 Å². The molecule has 5 aliphatic rings. The molecule has 0 N–H and O–H groups in total. The van der Waals surface area contributed by atoms with E-state index in [1.807, 2.05) is 6.07 Å². The lowest BCUT2D eigenvalue weighted by molar-refractivity contribution is -0.128. The van der Waals surface area contributed by atoms with Crippen molar-refractivity contribution in [2.24, 2.45) is 0 Å². The van der Waals surface area contributed by atoms with E-state index in [2.05, 4.69) is 39.3 Å². The number of carbonyl (C=O) groups is 1. The Labute approximate surface area is 258 Å². The molecular weight excluding hydrogens is 559 g/mol. The zero-order chi connectivity index (χ0) is 30.4. The van der Waals surface area contributed by atoms with Crippen LogP contribution in [-0.4, -0.2) is 109 Å². The molecule has 1 aromatic carbocycles. The quantitative estimate of drug-likeness (QED) is 0.481. The van der Waals surface area contributed by atoms with Gasteiger partial charge in [0.25, 0.3) is 0 Å². The van der Waals surface area contributed by atoms with E-state index in [9.17, 15) is 14.4 Å². The van der Waals surface area contributed by atoms with Crippen molar-refractivity contribution < 1.29 is 13.9 Å². The van der Waals surface area contributed by atoms with E-state index >= 15 is 0 Å². The van der Waals surface area contributed by atoms with E-state index in [4.69, 9.17) is 14.7 Å². The molecule has 2 aromatic rings. The van der Waals surface area contributed by atoms with Crippen molar-refractivity contribution >= 4 is 23.4 Å². The molecule has 3 saturated heterocycles. The fraction of sp³-hybridized carbons (Fsp3) is 0.576. The topological polar surface area (TPSA) is 92.1 Å². The minimum Gasteiger partial charge on any atom is -0.373 e. The summed E-state index contributed by atoms with van der Waals surface area (Å²) in [5, 5.41) is 9.58. The molecule has 1 amide bonds. The molecule has 0 unspecified atom stereocenters. The predicted molar refractivity (Wildman–Crippen MR) is 166 cm³/mol. The number of ether oxygens (including phenoxy) is 1. The van der Waals surface area contributed by atoms with Gasteiger partial charge in [-0.25, -0.2) is 9.37 Å². The van der Waals surface area contributed by atoms with Crippen LogP contribution >= 0.6 is 0 Å². The standard InChI is InChI=1S/C33H41FN8O2/c1-3-31(43)42-14-13-39(19-25(42)10-11-35)32-26-9-8-24(41-12-4-5-22-6-7-23(34)17-28(22)41)18-27(26)36-33(37-32)40-20-29-30(21-40)44-16-15-38(29)2/h3,6-7,17,24-25,29-30H,1,4-5,8-10,12-16,18-21H2,2H3/t24-,25+,29+,30+/m1/s1. The summed E-state index contributed by atoms with van der Waals surface area (Å²) in [5.41, 5.74) is 4.44. The Hall–Kier alpha value is -3.75. The van der Waals surface area contributed by atoms with Crippen molar-refractivity contribution in [1.29, 1.82) is 5.26 Å². The number of morpholine rings is 1. The van der Waals surface area contributed by atoms with Crippen molar-refractivity contribution in [2.75, 3.05) is 74.2 Å². The van der Waals surface area contributed by atoms with Gasteiger partial charge in [0.05, 0.1) is 43.0 Å². The molecule has 3 fully saturated rings. The molecule has 7 rings (SSSR count). The van der Waals surface area contributed by atoms with Crippen LogP contribution in [0.15, 0.2) is 30.9 Å². The lowest BCUT2D eigenvalue weighted by Gasteiger charge is -2.43. The van der Waals surface area contributed by atoms with Gasteiger partial charge >= 0.3 is 0 Å². The van der Waals surface area contributed by atoms with Crippen LogP contribution < -0.4 is 14.7 Å². The number of aromatic nitrogens is 2. The number of piperazine rings is 1. The average Bonchev–Trinajstić information content (AvgIpc) is 3.49. The SMILES string of the molecule is C=CC(=O)N1CCN(c2nc(N3C[C@@H]4OCCN(C)[C@H]4C3)nc3c2CC[C@@H](N2CCCc4ccc(F)cc42)C3)C[C@@H]1CC#N. The third-order valence-electron chi connectivity index (χ3n) is 10.3. The Bertz CT molecular complexity index is 1480. The Balaban J connectivity index is 1.23. The molecular formula is C33H41FN8O2. The highest BCUT2D eigenvalue weighted by atomic mass is 19.1. The number of fused-ring (bicyclic) bond motifs is 3. The van der Waals surface area contributed by atoms with Crippen LogP contribution in [0.2, 0.25) is 0 Å². The minimum atomic E-state index is -0.235. The number of halogens is 1. The van der Waals surface area contributed by atoms with Crippen molar-refractivity contribution in [3.63, 3.8) is 0 Å². The second-order valence-electron chi connectivity index (χ2n) is 12.8. The molecule has 10 nitrogen and oxygen atoms in total. The van der Waals surface area contributed by atoms with E-state index in [-0.39, 0.29) is 36.3 Å². The lowest BCUT2D eigenvalue weighted by Crippen LogP contribution is -2.55. The summed E-state index contributed by atoms with van der Waals surface area (Å²) >= 11 is 0. The van der Waals surface area contributed by atoms with Gasteiger partial charge in [0.15, 0.2) is 0 Å². The van der Waals surface area contributed by atoms with E-state index in [0.29, 0.717) is 25.7 Å². The number of likely N-dealkylation sites (N-methyl/N-ethyl adjacent to an activating group) is 1. The van der Waals surface area contributed by atoms with Gasteiger partial charge in [-0.05, 0) is 56.5 Å². The number of hydrogen-bond donors (Lipinski definition) is 0. The molecule has 11 heteroatoms. The monoisotopic (exact) mass is 600 g/mol. The number of amides is 1. The molecule has 0 saturated carbocycles. The van der Waals surface area contributed by atoms with Gasteiger partial charge in [0.2, 0.25) is 11.9 Å². The van der Waals surface area contributed by atoms with Gasteiger partial charge in [-0.1, -0.05) is 12.6 Å². The maximum Gasteiger partial charge on any atom is 0.246 e. The Morgan fingerprint density at radius 3 is 2.86 bits per heavy atom. The number of nitriles is 1. The molecule has 4 aliphatic heterocycles. The summed E-state index contributed by atoms with van der Waals surface area (Å²) in [5.74, 6) is 1.31. The van der Waals surface area contributed by atoms with Crippen LogP contribution in [0.1, 0.15) is 36.1 Å². The second-order valence-corrected chi connectivity index (χ2v) is 12.8.